The van der Waals surface area contributed by atoms with Gasteiger partial charge in [-0.25, -0.2) is 0 Å². The van der Waals surface area contributed by atoms with Crippen LogP contribution in [0.1, 0.15) is 24.1 Å². The minimum Gasteiger partial charge on any atom is -0.496 e. The van der Waals surface area contributed by atoms with E-state index in [9.17, 15) is 0 Å². The molecule has 2 aromatic carbocycles. The van der Waals surface area contributed by atoms with Gasteiger partial charge in [0, 0.05) is 11.6 Å². The van der Waals surface area contributed by atoms with E-state index in [-0.39, 0.29) is 6.04 Å². The predicted octanol–water partition coefficient (Wildman–Crippen LogP) is 4.90. The first kappa shape index (κ1) is 16.2. The molecule has 0 aliphatic carbocycles. The summed E-state index contributed by atoms with van der Waals surface area (Å²) >= 11 is 12.1. The fourth-order valence-corrected chi connectivity index (χ4v) is 2.72. The van der Waals surface area contributed by atoms with Crippen molar-refractivity contribution in [3.8, 4) is 5.75 Å². The molecule has 0 amide bonds. The smallest absolute Gasteiger partial charge is 0.123 e. The monoisotopic (exact) mass is 323 g/mol. The Morgan fingerprint density at radius 3 is 2.52 bits per heavy atom. The molecule has 0 aromatic heterocycles. The summed E-state index contributed by atoms with van der Waals surface area (Å²) in [6, 6.07) is 14.0. The number of hydrogen-bond donors (Lipinski definition) is 1. The van der Waals surface area contributed by atoms with E-state index in [0.29, 0.717) is 10.0 Å². The van der Waals surface area contributed by atoms with Crippen LogP contribution in [0.4, 0.5) is 0 Å². The maximum Gasteiger partial charge on any atom is 0.123 e. The highest BCUT2D eigenvalue weighted by molar-refractivity contribution is 6.42. The van der Waals surface area contributed by atoms with Gasteiger partial charge in [0.15, 0.2) is 0 Å². The van der Waals surface area contributed by atoms with Crippen LogP contribution in [0.5, 0.6) is 5.75 Å². The lowest BCUT2D eigenvalue weighted by Gasteiger charge is -2.21. The van der Waals surface area contributed by atoms with Crippen LogP contribution in [-0.2, 0) is 6.42 Å². The molecule has 2 nitrogen and oxygen atoms in total. The van der Waals surface area contributed by atoms with Gasteiger partial charge in [-0.3, -0.25) is 0 Å². The summed E-state index contributed by atoms with van der Waals surface area (Å²) in [4.78, 5) is 0. The van der Waals surface area contributed by atoms with Crippen LogP contribution in [0.15, 0.2) is 42.5 Å². The summed E-state index contributed by atoms with van der Waals surface area (Å²) in [7, 11) is 1.70. The molecular weight excluding hydrogens is 305 g/mol. The normalized spacial score (nSPS) is 12.2. The van der Waals surface area contributed by atoms with Gasteiger partial charge in [-0.2, -0.15) is 0 Å². The zero-order valence-corrected chi connectivity index (χ0v) is 13.7. The number of halogens is 2. The van der Waals surface area contributed by atoms with E-state index < -0.39 is 0 Å². The van der Waals surface area contributed by atoms with Crippen molar-refractivity contribution in [2.45, 2.75) is 19.4 Å². The first-order valence-corrected chi connectivity index (χ1v) is 7.71. The molecule has 0 heterocycles. The molecule has 0 aliphatic heterocycles. The van der Waals surface area contributed by atoms with Crippen molar-refractivity contribution in [1.29, 1.82) is 0 Å². The SMILES string of the molecule is CCNC(Cc1ccc(Cl)c(Cl)c1)c1ccccc1OC. The van der Waals surface area contributed by atoms with E-state index in [0.717, 1.165) is 29.8 Å². The van der Waals surface area contributed by atoms with Crippen LogP contribution in [0.3, 0.4) is 0 Å². The average molecular weight is 324 g/mol. The first-order valence-electron chi connectivity index (χ1n) is 6.96. The van der Waals surface area contributed by atoms with E-state index in [1.165, 1.54) is 0 Å². The molecule has 0 saturated heterocycles. The lowest BCUT2D eigenvalue weighted by Crippen LogP contribution is -2.23. The zero-order chi connectivity index (χ0) is 15.2. The minimum atomic E-state index is 0.170. The van der Waals surface area contributed by atoms with Crippen LogP contribution < -0.4 is 10.1 Å². The molecule has 1 unspecified atom stereocenters. The maximum absolute atomic E-state index is 6.10. The van der Waals surface area contributed by atoms with Gasteiger partial charge in [0.05, 0.1) is 17.2 Å². The Morgan fingerprint density at radius 2 is 1.86 bits per heavy atom. The second-order valence-electron chi connectivity index (χ2n) is 4.80. The van der Waals surface area contributed by atoms with Crippen molar-refractivity contribution in [2.75, 3.05) is 13.7 Å². The summed E-state index contributed by atoms with van der Waals surface area (Å²) in [5.41, 5.74) is 2.29. The minimum absolute atomic E-state index is 0.170. The molecule has 21 heavy (non-hydrogen) atoms. The summed E-state index contributed by atoms with van der Waals surface area (Å²) in [5.74, 6) is 0.892. The van der Waals surface area contributed by atoms with Crippen molar-refractivity contribution < 1.29 is 4.74 Å². The molecule has 0 spiro atoms. The molecule has 0 radical (unpaired) electrons. The average Bonchev–Trinajstić information content (AvgIpc) is 2.50. The Kier molecular flexibility index (Phi) is 5.92. The van der Waals surface area contributed by atoms with Crippen molar-refractivity contribution in [3.05, 3.63) is 63.6 Å². The molecule has 112 valence electrons. The van der Waals surface area contributed by atoms with Gasteiger partial charge in [-0.15, -0.1) is 0 Å². The molecular formula is C17H19Cl2NO. The fraction of sp³-hybridized carbons (Fsp3) is 0.294. The van der Waals surface area contributed by atoms with Gasteiger partial charge in [0.2, 0.25) is 0 Å². The number of hydrogen-bond acceptors (Lipinski definition) is 2. The summed E-state index contributed by atoms with van der Waals surface area (Å²) < 4.78 is 5.47. The molecule has 4 heteroatoms. The van der Waals surface area contributed by atoms with Gasteiger partial charge in [0.1, 0.15) is 5.75 Å². The van der Waals surface area contributed by atoms with E-state index in [1.54, 1.807) is 7.11 Å². The molecule has 0 fully saturated rings. The van der Waals surface area contributed by atoms with Gasteiger partial charge in [-0.1, -0.05) is 54.4 Å². The Balaban J connectivity index is 2.28. The quantitative estimate of drug-likeness (QED) is 0.816. The summed E-state index contributed by atoms with van der Waals surface area (Å²) in [6.07, 6.45) is 0.825. The Labute approximate surface area is 136 Å². The van der Waals surface area contributed by atoms with Crippen molar-refractivity contribution in [1.82, 2.24) is 5.32 Å². The number of methoxy groups -OCH3 is 1. The third-order valence-electron chi connectivity index (χ3n) is 3.39. The lowest BCUT2D eigenvalue weighted by molar-refractivity contribution is 0.399. The van der Waals surface area contributed by atoms with Crippen LogP contribution in [0.25, 0.3) is 0 Å². The third-order valence-corrected chi connectivity index (χ3v) is 4.13. The lowest BCUT2D eigenvalue weighted by atomic mass is 9.98. The highest BCUT2D eigenvalue weighted by Gasteiger charge is 2.16. The van der Waals surface area contributed by atoms with Gasteiger partial charge < -0.3 is 10.1 Å². The maximum atomic E-state index is 6.10. The van der Waals surface area contributed by atoms with Crippen LogP contribution in [0.2, 0.25) is 10.0 Å². The van der Waals surface area contributed by atoms with Crippen molar-refractivity contribution >= 4 is 23.2 Å². The number of para-hydroxylation sites is 1. The molecule has 1 N–H and O–H groups in total. The Bertz CT molecular complexity index is 601. The topological polar surface area (TPSA) is 21.3 Å². The third kappa shape index (κ3) is 4.13. The highest BCUT2D eigenvalue weighted by Crippen LogP contribution is 2.29. The van der Waals surface area contributed by atoms with Crippen LogP contribution in [0, 0.1) is 0 Å². The Hall–Kier alpha value is -1.22. The number of nitrogens with one attached hydrogen (secondary N) is 1. The largest absolute Gasteiger partial charge is 0.496 e. The highest BCUT2D eigenvalue weighted by atomic mass is 35.5. The number of likely N-dealkylation sites (N-methyl/N-ethyl adjacent to an activating group) is 1. The van der Waals surface area contributed by atoms with Gasteiger partial charge >= 0.3 is 0 Å². The zero-order valence-electron chi connectivity index (χ0n) is 12.2. The second kappa shape index (κ2) is 7.69. The standard InChI is InChI=1S/C17H19Cl2NO/c1-3-20-16(13-6-4-5-7-17(13)21-2)11-12-8-9-14(18)15(19)10-12/h4-10,16,20H,3,11H2,1-2H3. The van der Waals surface area contributed by atoms with Crippen LogP contribution >= 0.6 is 23.2 Å². The van der Waals surface area contributed by atoms with Crippen LogP contribution in [-0.4, -0.2) is 13.7 Å². The predicted molar refractivity (Wildman–Crippen MR) is 89.6 cm³/mol. The van der Waals surface area contributed by atoms with Gasteiger partial charge in [0.25, 0.3) is 0 Å². The molecule has 0 saturated carbocycles. The first-order chi connectivity index (χ1) is 10.2. The van der Waals surface area contributed by atoms with Crippen molar-refractivity contribution in [3.63, 3.8) is 0 Å². The molecule has 0 bridgehead atoms. The van der Waals surface area contributed by atoms with E-state index in [1.807, 2.05) is 36.4 Å². The molecule has 2 aromatic rings. The molecule has 2 rings (SSSR count). The molecule has 1 atom stereocenters. The fourth-order valence-electron chi connectivity index (χ4n) is 2.40. The summed E-state index contributed by atoms with van der Waals surface area (Å²) in [6.45, 7) is 2.97. The number of ether oxygens (including phenoxy) is 1. The van der Waals surface area contributed by atoms with E-state index >= 15 is 0 Å². The van der Waals surface area contributed by atoms with E-state index in [2.05, 4.69) is 18.3 Å². The Morgan fingerprint density at radius 1 is 1.10 bits per heavy atom. The summed E-state index contributed by atoms with van der Waals surface area (Å²) in [5, 5.41) is 4.67. The van der Waals surface area contributed by atoms with Gasteiger partial charge in [-0.05, 0) is 36.7 Å². The second-order valence-corrected chi connectivity index (χ2v) is 5.62. The molecule has 0 aliphatic rings. The number of benzene rings is 2. The van der Waals surface area contributed by atoms with Crippen molar-refractivity contribution in [2.24, 2.45) is 0 Å². The number of rotatable bonds is 6. The van der Waals surface area contributed by atoms with E-state index in [4.69, 9.17) is 27.9 Å².